The van der Waals surface area contributed by atoms with E-state index >= 15 is 0 Å². The molecule has 0 bridgehead atoms. The van der Waals surface area contributed by atoms with E-state index in [0.29, 0.717) is 12.0 Å². The third-order valence-electron chi connectivity index (χ3n) is 3.82. The summed E-state index contributed by atoms with van der Waals surface area (Å²) in [5.41, 5.74) is 1.28. The first-order valence-corrected chi connectivity index (χ1v) is 9.38. The molecule has 1 fully saturated rings. The molecule has 0 radical (unpaired) electrons. The van der Waals surface area contributed by atoms with Crippen LogP contribution >= 0.6 is 11.8 Å². The van der Waals surface area contributed by atoms with E-state index in [1.165, 1.54) is 11.8 Å². The fourth-order valence-corrected chi connectivity index (χ4v) is 3.53. The van der Waals surface area contributed by atoms with Crippen molar-refractivity contribution in [3.63, 3.8) is 0 Å². The number of hydrogen-bond donors (Lipinski definition) is 1. The van der Waals surface area contributed by atoms with E-state index in [0.717, 1.165) is 18.7 Å². The molecule has 0 atom stereocenters. The van der Waals surface area contributed by atoms with Crippen LogP contribution in [0.5, 0.6) is 0 Å². The Morgan fingerprint density at radius 1 is 1.44 bits per heavy atom. The fourth-order valence-electron chi connectivity index (χ4n) is 2.56. The molecule has 0 aromatic carbocycles. The molecule has 0 aliphatic carbocycles. The highest BCUT2D eigenvalue weighted by atomic mass is 32.2. The van der Waals surface area contributed by atoms with Crippen LogP contribution in [-0.4, -0.2) is 52.9 Å². The fraction of sp³-hybridized carbons (Fsp3) is 0.611. The van der Waals surface area contributed by atoms with Gasteiger partial charge in [0.25, 0.3) is 0 Å². The van der Waals surface area contributed by atoms with Crippen molar-refractivity contribution in [3.8, 4) is 0 Å². The highest BCUT2D eigenvalue weighted by Gasteiger charge is 2.33. The molecule has 0 spiro atoms. The summed E-state index contributed by atoms with van der Waals surface area (Å²) in [4.78, 5) is 37.0. The smallest absolute Gasteiger partial charge is 0.333 e. The Balaban J connectivity index is 2.41. The van der Waals surface area contributed by atoms with Gasteiger partial charge in [-0.05, 0) is 34.1 Å². The van der Waals surface area contributed by atoms with Gasteiger partial charge in [-0.15, -0.1) is 11.8 Å². The van der Waals surface area contributed by atoms with Crippen LogP contribution in [0.3, 0.4) is 0 Å². The van der Waals surface area contributed by atoms with Gasteiger partial charge >= 0.3 is 5.97 Å². The molecule has 1 rings (SSSR count). The van der Waals surface area contributed by atoms with Gasteiger partial charge in [-0.1, -0.05) is 12.7 Å². The van der Waals surface area contributed by atoms with Gasteiger partial charge in [0.1, 0.15) is 6.61 Å². The second-order valence-corrected chi connectivity index (χ2v) is 7.99. The van der Waals surface area contributed by atoms with Gasteiger partial charge < -0.3 is 15.0 Å². The molecule has 2 amide bonds. The van der Waals surface area contributed by atoms with E-state index in [1.54, 1.807) is 6.92 Å². The highest BCUT2D eigenvalue weighted by molar-refractivity contribution is 8.01. The third-order valence-corrected chi connectivity index (χ3v) is 5.16. The Morgan fingerprint density at radius 2 is 2.12 bits per heavy atom. The molecular weight excluding hydrogens is 340 g/mol. The summed E-state index contributed by atoms with van der Waals surface area (Å²) in [7, 11) is 0. The second kappa shape index (κ2) is 9.65. The first-order chi connectivity index (χ1) is 11.7. The van der Waals surface area contributed by atoms with Gasteiger partial charge in [-0.25, -0.2) is 4.79 Å². The monoisotopic (exact) mass is 368 g/mol. The summed E-state index contributed by atoms with van der Waals surface area (Å²) in [5, 5.41) is 2.72. The zero-order valence-electron chi connectivity index (χ0n) is 15.5. The lowest BCUT2D eigenvalue weighted by Gasteiger charge is -2.33. The maximum Gasteiger partial charge on any atom is 0.333 e. The molecule has 1 saturated heterocycles. The van der Waals surface area contributed by atoms with E-state index in [1.807, 2.05) is 31.7 Å². The number of ether oxygens (including phenoxy) is 1. The second-order valence-electron chi connectivity index (χ2n) is 6.39. The predicted octanol–water partition coefficient (Wildman–Crippen LogP) is 2.26. The van der Waals surface area contributed by atoms with Crippen LogP contribution in [0.25, 0.3) is 0 Å². The van der Waals surface area contributed by atoms with Crippen molar-refractivity contribution in [1.82, 2.24) is 10.2 Å². The minimum absolute atomic E-state index is 0.119. The first-order valence-electron chi connectivity index (χ1n) is 8.39. The number of thioether (sulfide) groups is 1. The van der Waals surface area contributed by atoms with Crippen LogP contribution in [0.2, 0.25) is 0 Å². The van der Waals surface area contributed by atoms with Crippen molar-refractivity contribution in [2.75, 3.05) is 25.4 Å². The normalized spacial score (nSPS) is 15.3. The van der Waals surface area contributed by atoms with E-state index < -0.39 is 5.97 Å². The Morgan fingerprint density at radius 3 is 2.64 bits per heavy atom. The van der Waals surface area contributed by atoms with Gasteiger partial charge in [0.2, 0.25) is 11.8 Å². The summed E-state index contributed by atoms with van der Waals surface area (Å²) >= 11 is 1.48. The van der Waals surface area contributed by atoms with E-state index in [4.69, 9.17) is 4.74 Å². The average molecular weight is 368 g/mol. The molecule has 7 heteroatoms. The lowest BCUT2D eigenvalue weighted by molar-refractivity contribution is -0.139. The number of carbonyl (C=O) groups is 3. The summed E-state index contributed by atoms with van der Waals surface area (Å²) in [5.74, 6) is -0.183. The summed E-state index contributed by atoms with van der Waals surface area (Å²) in [6.45, 7) is 12.1. The highest BCUT2D eigenvalue weighted by Crippen LogP contribution is 2.36. The molecule has 1 aliphatic heterocycles. The maximum absolute atomic E-state index is 12.0. The van der Waals surface area contributed by atoms with Crippen molar-refractivity contribution in [2.45, 2.75) is 45.3 Å². The molecule has 1 N–H and O–H groups in total. The minimum Gasteiger partial charge on any atom is -0.460 e. The molecule has 25 heavy (non-hydrogen) atoms. The molecule has 0 saturated carbocycles. The van der Waals surface area contributed by atoms with Gasteiger partial charge in [-0.2, -0.15) is 0 Å². The largest absolute Gasteiger partial charge is 0.460 e. The SMILES string of the molecule is C=C(C)C(=O)OCCNC(=O)CSC(C)(C)/C(=C/C)N1CCCC1=O. The average Bonchev–Trinajstić information content (AvgIpc) is 2.95. The van der Waals surface area contributed by atoms with Gasteiger partial charge in [0.15, 0.2) is 0 Å². The van der Waals surface area contributed by atoms with E-state index in [2.05, 4.69) is 11.9 Å². The maximum atomic E-state index is 12.0. The van der Waals surface area contributed by atoms with Crippen molar-refractivity contribution >= 4 is 29.5 Å². The van der Waals surface area contributed by atoms with Crippen LogP contribution < -0.4 is 5.32 Å². The summed E-state index contributed by atoms with van der Waals surface area (Å²) in [6, 6.07) is 0. The van der Waals surface area contributed by atoms with Crippen LogP contribution in [0.4, 0.5) is 0 Å². The van der Waals surface area contributed by atoms with E-state index in [9.17, 15) is 14.4 Å². The third kappa shape index (κ3) is 6.57. The van der Waals surface area contributed by atoms with Crippen LogP contribution in [0, 0.1) is 0 Å². The first kappa shape index (κ1) is 21.3. The van der Waals surface area contributed by atoms with Crippen molar-refractivity contribution in [1.29, 1.82) is 0 Å². The number of nitrogens with one attached hydrogen (secondary N) is 1. The van der Waals surface area contributed by atoms with Crippen LogP contribution in [0.1, 0.15) is 40.5 Å². The number of hydrogen-bond acceptors (Lipinski definition) is 5. The number of rotatable bonds is 9. The Hall–Kier alpha value is -1.76. The molecule has 140 valence electrons. The molecule has 1 aliphatic rings. The molecule has 0 unspecified atom stereocenters. The number of likely N-dealkylation sites (tertiary alicyclic amines) is 1. The quantitative estimate of drug-likeness (QED) is 0.384. The summed E-state index contributed by atoms with van der Waals surface area (Å²) < 4.78 is 4.57. The number of allylic oxidation sites excluding steroid dienone is 1. The van der Waals surface area contributed by atoms with Crippen LogP contribution in [0.15, 0.2) is 23.9 Å². The molecular formula is C18H28N2O4S. The number of carbonyl (C=O) groups excluding carboxylic acids is 3. The number of esters is 1. The standard InChI is InChI=1S/C18H28N2O4S/c1-6-14(20-10-7-8-16(20)22)18(4,5)25-12-15(21)19-9-11-24-17(23)13(2)3/h6H,2,7-12H2,1,3-5H3,(H,19,21)/b14-6-. The summed E-state index contributed by atoms with van der Waals surface area (Å²) in [6.07, 6.45) is 3.41. The Kier molecular flexibility index (Phi) is 8.22. The topological polar surface area (TPSA) is 75.7 Å². The lowest BCUT2D eigenvalue weighted by Crippen LogP contribution is -2.37. The Bertz CT molecular complexity index is 569. The molecule has 6 nitrogen and oxygen atoms in total. The number of nitrogens with zero attached hydrogens (tertiary/aromatic N) is 1. The minimum atomic E-state index is -0.460. The lowest BCUT2D eigenvalue weighted by atomic mass is 10.1. The van der Waals surface area contributed by atoms with Crippen molar-refractivity contribution < 1.29 is 19.1 Å². The van der Waals surface area contributed by atoms with E-state index in [-0.39, 0.29) is 35.5 Å². The Labute approximate surface area is 154 Å². The predicted molar refractivity (Wildman–Crippen MR) is 100 cm³/mol. The van der Waals surface area contributed by atoms with Gasteiger partial charge in [0, 0.05) is 24.2 Å². The number of amides is 2. The zero-order valence-corrected chi connectivity index (χ0v) is 16.3. The van der Waals surface area contributed by atoms with Gasteiger partial charge in [0.05, 0.1) is 17.0 Å². The van der Waals surface area contributed by atoms with Crippen molar-refractivity contribution in [2.24, 2.45) is 0 Å². The van der Waals surface area contributed by atoms with Gasteiger partial charge in [-0.3, -0.25) is 9.59 Å². The van der Waals surface area contributed by atoms with Crippen molar-refractivity contribution in [3.05, 3.63) is 23.9 Å². The molecule has 0 aromatic heterocycles. The zero-order chi connectivity index (χ0) is 19.0. The molecule has 0 aromatic rings. The molecule has 1 heterocycles. The van der Waals surface area contributed by atoms with Crippen LogP contribution in [-0.2, 0) is 19.1 Å².